The van der Waals surface area contributed by atoms with Crippen molar-refractivity contribution in [1.82, 2.24) is 20.1 Å². The van der Waals surface area contributed by atoms with E-state index in [4.69, 9.17) is 16.1 Å². The van der Waals surface area contributed by atoms with Gasteiger partial charge in [-0.15, -0.1) is 0 Å². The first-order valence-corrected chi connectivity index (χ1v) is 5.57. The first kappa shape index (κ1) is 10.9. The molecule has 0 aliphatic rings. The van der Waals surface area contributed by atoms with Crippen molar-refractivity contribution in [3.8, 4) is 22.8 Å². The molecule has 0 saturated carbocycles. The highest BCUT2D eigenvalue weighted by molar-refractivity contribution is 6.29. The zero-order valence-corrected chi connectivity index (χ0v) is 9.87. The summed E-state index contributed by atoms with van der Waals surface area (Å²) in [6.45, 7) is 0. The lowest BCUT2D eigenvalue weighted by Crippen LogP contribution is -1.83. The Morgan fingerprint density at radius 1 is 1.06 bits per heavy atom. The Balaban J connectivity index is 1.97. The van der Waals surface area contributed by atoms with E-state index < -0.39 is 0 Å². The summed E-state index contributed by atoms with van der Waals surface area (Å²) in [6, 6.07) is 7.12. The summed E-state index contributed by atoms with van der Waals surface area (Å²) in [4.78, 5) is 12.2. The van der Waals surface area contributed by atoms with Crippen LogP contribution in [0.5, 0.6) is 0 Å². The van der Waals surface area contributed by atoms with Crippen LogP contribution in [0.4, 0.5) is 0 Å². The van der Waals surface area contributed by atoms with Gasteiger partial charge in [0.25, 0.3) is 5.89 Å². The summed E-state index contributed by atoms with van der Waals surface area (Å²) < 4.78 is 5.17. The molecule has 3 heterocycles. The van der Waals surface area contributed by atoms with Gasteiger partial charge in [0.1, 0.15) is 5.15 Å². The highest BCUT2D eigenvalue weighted by Crippen LogP contribution is 2.21. The van der Waals surface area contributed by atoms with Gasteiger partial charge < -0.3 is 4.52 Å². The molecule has 5 nitrogen and oxygen atoms in total. The van der Waals surface area contributed by atoms with Gasteiger partial charge >= 0.3 is 0 Å². The Bertz CT molecular complexity index is 651. The van der Waals surface area contributed by atoms with Crippen molar-refractivity contribution in [3.63, 3.8) is 0 Å². The smallest absolute Gasteiger partial charge is 0.259 e. The monoisotopic (exact) mass is 258 g/mol. The van der Waals surface area contributed by atoms with Gasteiger partial charge in [0.05, 0.1) is 5.56 Å². The highest BCUT2D eigenvalue weighted by atomic mass is 35.5. The molecule has 0 aliphatic carbocycles. The molecule has 0 atom stereocenters. The molecule has 0 bridgehead atoms. The van der Waals surface area contributed by atoms with E-state index in [-0.39, 0.29) is 0 Å². The van der Waals surface area contributed by atoms with Crippen LogP contribution in [0.25, 0.3) is 22.8 Å². The molecule has 3 rings (SSSR count). The molecule has 18 heavy (non-hydrogen) atoms. The van der Waals surface area contributed by atoms with E-state index in [0.717, 1.165) is 11.1 Å². The molecule has 0 N–H and O–H groups in total. The van der Waals surface area contributed by atoms with Gasteiger partial charge in [-0.1, -0.05) is 16.8 Å². The number of hydrogen-bond acceptors (Lipinski definition) is 5. The minimum absolute atomic E-state index is 0.424. The summed E-state index contributed by atoms with van der Waals surface area (Å²) in [5, 5.41) is 4.32. The fourth-order valence-electron chi connectivity index (χ4n) is 1.46. The Morgan fingerprint density at radius 2 is 2.00 bits per heavy atom. The normalized spacial score (nSPS) is 10.5. The van der Waals surface area contributed by atoms with Gasteiger partial charge in [-0.05, 0) is 24.3 Å². The van der Waals surface area contributed by atoms with E-state index in [1.54, 1.807) is 30.7 Å². The van der Waals surface area contributed by atoms with Gasteiger partial charge in [0, 0.05) is 24.2 Å². The minimum Gasteiger partial charge on any atom is -0.334 e. The van der Waals surface area contributed by atoms with Crippen LogP contribution in [0.15, 0.2) is 47.4 Å². The maximum atomic E-state index is 5.72. The second-order valence-electron chi connectivity index (χ2n) is 3.53. The summed E-state index contributed by atoms with van der Waals surface area (Å²) in [5.41, 5.74) is 1.52. The maximum absolute atomic E-state index is 5.72. The molecule has 0 radical (unpaired) electrons. The van der Waals surface area contributed by atoms with Crippen molar-refractivity contribution in [1.29, 1.82) is 0 Å². The van der Waals surface area contributed by atoms with E-state index in [1.807, 2.05) is 12.1 Å². The van der Waals surface area contributed by atoms with Crippen LogP contribution in [-0.2, 0) is 0 Å². The zero-order chi connectivity index (χ0) is 12.4. The molecule has 0 saturated heterocycles. The highest BCUT2D eigenvalue weighted by Gasteiger charge is 2.10. The molecular formula is C12H7ClN4O. The van der Waals surface area contributed by atoms with Crippen molar-refractivity contribution in [3.05, 3.63) is 48.0 Å². The number of pyridine rings is 2. The molecule has 0 aromatic carbocycles. The molecule has 88 valence electrons. The van der Waals surface area contributed by atoms with Gasteiger partial charge in [0.2, 0.25) is 5.82 Å². The van der Waals surface area contributed by atoms with E-state index in [2.05, 4.69) is 20.1 Å². The molecule has 0 aliphatic heterocycles. The largest absolute Gasteiger partial charge is 0.334 e. The Hall–Kier alpha value is -2.27. The molecule has 3 aromatic rings. The van der Waals surface area contributed by atoms with Gasteiger partial charge in [0.15, 0.2) is 0 Å². The standard InChI is InChI=1S/C12H7ClN4O/c13-10-4-3-8(7-15-10)11-16-12(18-17-11)9-2-1-5-14-6-9/h1-7H. The number of nitrogens with zero attached hydrogens (tertiary/aromatic N) is 4. The Morgan fingerprint density at radius 3 is 2.72 bits per heavy atom. The SMILES string of the molecule is Clc1ccc(-c2noc(-c3cccnc3)n2)cn1. The molecule has 0 spiro atoms. The first-order valence-electron chi connectivity index (χ1n) is 5.19. The summed E-state index contributed by atoms with van der Waals surface area (Å²) in [6.07, 6.45) is 4.95. The van der Waals surface area contributed by atoms with Crippen LogP contribution in [0.2, 0.25) is 5.15 Å². The molecular weight excluding hydrogens is 252 g/mol. The average Bonchev–Trinajstić information content (AvgIpc) is 2.90. The van der Waals surface area contributed by atoms with Crippen molar-refractivity contribution >= 4 is 11.6 Å². The summed E-state index contributed by atoms with van der Waals surface area (Å²) in [5.74, 6) is 0.895. The summed E-state index contributed by atoms with van der Waals surface area (Å²) >= 11 is 5.72. The van der Waals surface area contributed by atoms with E-state index in [0.29, 0.717) is 16.9 Å². The fraction of sp³-hybridized carbons (Fsp3) is 0. The third-order valence-corrected chi connectivity index (χ3v) is 2.54. The van der Waals surface area contributed by atoms with Crippen molar-refractivity contribution in [2.75, 3.05) is 0 Å². The van der Waals surface area contributed by atoms with Crippen molar-refractivity contribution in [2.24, 2.45) is 0 Å². The molecule has 6 heteroatoms. The Labute approximate surface area is 107 Å². The van der Waals surface area contributed by atoms with Crippen LogP contribution in [0, 0.1) is 0 Å². The number of hydrogen-bond donors (Lipinski definition) is 0. The van der Waals surface area contributed by atoms with Gasteiger partial charge in [-0.25, -0.2) is 4.98 Å². The average molecular weight is 259 g/mol. The molecule has 0 amide bonds. The van der Waals surface area contributed by atoms with Gasteiger partial charge in [-0.2, -0.15) is 4.98 Å². The second kappa shape index (κ2) is 4.54. The number of aromatic nitrogens is 4. The molecule has 0 fully saturated rings. The molecule has 3 aromatic heterocycles. The Kier molecular flexibility index (Phi) is 2.74. The van der Waals surface area contributed by atoms with E-state index >= 15 is 0 Å². The quantitative estimate of drug-likeness (QED) is 0.661. The topological polar surface area (TPSA) is 64.7 Å². The first-order chi connectivity index (χ1) is 8.83. The zero-order valence-electron chi connectivity index (χ0n) is 9.12. The predicted octanol–water partition coefficient (Wildman–Crippen LogP) is 2.85. The third-order valence-electron chi connectivity index (χ3n) is 2.32. The van der Waals surface area contributed by atoms with E-state index in [9.17, 15) is 0 Å². The summed E-state index contributed by atoms with van der Waals surface area (Å²) in [7, 11) is 0. The number of rotatable bonds is 2. The lowest BCUT2D eigenvalue weighted by atomic mass is 10.2. The van der Waals surface area contributed by atoms with Gasteiger partial charge in [-0.3, -0.25) is 4.98 Å². The third kappa shape index (κ3) is 2.08. The van der Waals surface area contributed by atoms with Crippen LogP contribution in [0.3, 0.4) is 0 Å². The second-order valence-corrected chi connectivity index (χ2v) is 3.92. The lowest BCUT2D eigenvalue weighted by molar-refractivity contribution is 0.432. The minimum atomic E-state index is 0.424. The van der Waals surface area contributed by atoms with E-state index in [1.165, 1.54) is 0 Å². The van der Waals surface area contributed by atoms with Crippen LogP contribution in [-0.4, -0.2) is 20.1 Å². The van der Waals surface area contributed by atoms with Crippen molar-refractivity contribution in [2.45, 2.75) is 0 Å². The number of halogens is 1. The molecule has 0 unspecified atom stereocenters. The van der Waals surface area contributed by atoms with Crippen LogP contribution < -0.4 is 0 Å². The van der Waals surface area contributed by atoms with Crippen LogP contribution >= 0.6 is 11.6 Å². The predicted molar refractivity (Wildman–Crippen MR) is 65.8 cm³/mol. The maximum Gasteiger partial charge on any atom is 0.259 e. The fourth-order valence-corrected chi connectivity index (χ4v) is 1.57. The lowest BCUT2D eigenvalue weighted by Gasteiger charge is -1.92. The van der Waals surface area contributed by atoms with Crippen molar-refractivity contribution < 1.29 is 4.52 Å². The van der Waals surface area contributed by atoms with Crippen LogP contribution in [0.1, 0.15) is 0 Å².